The molecule has 0 fully saturated rings. The Kier molecular flexibility index (Phi) is 5.18. The van der Waals surface area contributed by atoms with Gasteiger partial charge in [0, 0.05) is 17.2 Å². The average Bonchev–Trinajstić information content (AvgIpc) is 2.80. The van der Waals surface area contributed by atoms with Crippen molar-refractivity contribution < 1.29 is 4.92 Å². The SMILES string of the molecule is N#Cc1c(-c2ccccc2)cc(-c2ccccc2)nc1Nc1ccccc1[N+](=O)[O-]. The van der Waals surface area contributed by atoms with Crippen molar-refractivity contribution in [3.63, 3.8) is 0 Å². The molecule has 6 nitrogen and oxygen atoms in total. The molecular weight excluding hydrogens is 376 g/mol. The Hall–Kier alpha value is -4.50. The van der Waals surface area contributed by atoms with Crippen molar-refractivity contribution in [1.82, 2.24) is 4.98 Å². The first-order chi connectivity index (χ1) is 14.7. The minimum Gasteiger partial charge on any atom is -0.333 e. The molecule has 0 amide bonds. The molecule has 1 aromatic heterocycles. The second kappa shape index (κ2) is 8.25. The van der Waals surface area contributed by atoms with Crippen molar-refractivity contribution in [1.29, 1.82) is 5.26 Å². The van der Waals surface area contributed by atoms with Gasteiger partial charge in [-0.05, 0) is 17.7 Å². The van der Waals surface area contributed by atoms with Gasteiger partial charge in [-0.1, -0.05) is 72.8 Å². The lowest BCUT2D eigenvalue weighted by Crippen LogP contribution is -2.03. The van der Waals surface area contributed by atoms with E-state index in [0.717, 1.165) is 11.1 Å². The fourth-order valence-corrected chi connectivity index (χ4v) is 3.22. The summed E-state index contributed by atoms with van der Waals surface area (Å²) in [6, 6.07) is 29.5. The van der Waals surface area contributed by atoms with Gasteiger partial charge in [0.2, 0.25) is 0 Å². The molecule has 0 aliphatic rings. The van der Waals surface area contributed by atoms with Crippen LogP contribution in [0.1, 0.15) is 5.56 Å². The quantitative estimate of drug-likeness (QED) is 0.335. The number of hydrogen-bond donors (Lipinski definition) is 1. The van der Waals surface area contributed by atoms with E-state index in [2.05, 4.69) is 16.4 Å². The summed E-state index contributed by atoms with van der Waals surface area (Å²) in [7, 11) is 0. The minimum atomic E-state index is -0.465. The van der Waals surface area contributed by atoms with Crippen molar-refractivity contribution in [3.8, 4) is 28.5 Å². The lowest BCUT2D eigenvalue weighted by molar-refractivity contribution is -0.383. The molecule has 144 valence electrons. The zero-order chi connectivity index (χ0) is 20.9. The summed E-state index contributed by atoms with van der Waals surface area (Å²) in [6.07, 6.45) is 0. The molecule has 1 N–H and O–H groups in total. The lowest BCUT2D eigenvalue weighted by atomic mass is 9.98. The van der Waals surface area contributed by atoms with Crippen LogP contribution in [0.2, 0.25) is 0 Å². The van der Waals surface area contributed by atoms with Crippen LogP contribution in [0, 0.1) is 21.4 Å². The minimum absolute atomic E-state index is 0.0884. The van der Waals surface area contributed by atoms with Crippen molar-refractivity contribution in [2.75, 3.05) is 5.32 Å². The smallest absolute Gasteiger partial charge is 0.292 e. The predicted molar refractivity (Wildman–Crippen MR) is 116 cm³/mol. The number of nitro groups is 1. The lowest BCUT2D eigenvalue weighted by Gasteiger charge is -2.14. The second-order valence-electron chi connectivity index (χ2n) is 6.52. The summed E-state index contributed by atoms with van der Waals surface area (Å²) in [4.78, 5) is 15.6. The summed E-state index contributed by atoms with van der Waals surface area (Å²) in [6.45, 7) is 0. The summed E-state index contributed by atoms with van der Waals surface area (Å²) in [5.41, 5.74) is 3.61. The molecule has 1 heterocycles. The van der Waals surface area contributed by atoms with Crippen LogP contribution in [-0.2, 0) is 0 Å². The molecule has 0 aliphatic carbocycles. The van der Waals surface area contributed by atoms with Gasteiger partial charge in [-0.2, -0.15) is 5.26 Å². The third kappa shape index (κ3) is 3.73. The standard InChI is InChI=1S/C24H16N4O2/c25-16-20-19(17-9-3-1-4-10-17)15-22(18-11-5-2-6-12-18)27-24(20)26-21-13-7-8-14-23(21)28(29)30/h1-15H,(H,26,27). The molecule has 0 aliphatic heterocycles. The van der Waals surface area contributed by atoms with E-state index in [-0.39, 0.29) is 17.2 Å². The van der Waals surface area contributed by atoms with Gasteiger partial charge in [-0.3, -0.25) is 10.1 Å². The van der Waals surface area contributed by atoms with Crippen LogP contribution < -0.4 is 5.32 Å². The van der Waals surface area contributed by atoms with E-state index < -0.39 is 4.92 Å². The van der Waals surface area contributed by atoms with Gasteiger partial charge in [-0.25, -0.2) is 4.98 Å². The topological polar surface area (TPSA) is 91.8 Å². The summed E-state index contributed by atoms with van der Waals surface area (Å²) in [5, 5.41) is 24.4. The van der Waals surface area contributed by atoms with Crippen molar-refractivity contribution in [3.05, 3.63) is 107 Å². The first kappa shape index (κ1) is 18.8. The van der Waals surface area contributed by atoms with Crippen molar-refractivity contribution >= 4 is 17.2 Å². The van der Waals surface area contributed by atoms with Gasteiger partial charge in [0.25, 0.3) is 5.69 Å². The number of para-hydroxylation sites is 2. The third-order valence-electron chi connectivity index (χ3n) is 4.64. The van der Waals surface area contributed by atoms with Gasteiger partial charge in [0.15, 0.2) is 0 Å². The molecule has 3 aromatic carbocycles. The summed E-state index contributed by atoms with van der Waals surface area (Å²) < 4.78 is 0. The number of pyridine rings is 1. The Morgan fingerprint density at radius 2 is 1.47 bits per heavy atom. The average molecular weight is 392 g/mol. The zero-order valence-electron chi connectivity index (χ0n) is 15.8. The van der Waals surface area contributed by atoms with Gasteiger partial charge >= 0.3 is 0 Å². The Labute approximate surface area is 173 Å². The van der Waals surface area contributed by atoms with Gasteiger partial charge in [0.1, 0.15) is 23.1 Å². The normalized spacial score (nSPS) is 10.2. The van der Waals surface area contributed by atoms with E-state index in [1.807, 2.05) is 66.7 Å². The fraction of sp³-hybridized carbons (Fsp3) is 0. The molecule has 0 atom stereocenters. The number of nitro benzene ring substituents is 1. The van der Waals surface area contributed by atoms with Crippen LogP contribution in [-0.4, -0.2) is 9.91 Å². The van der Waals surface area contributed by atoms with Crippen LogP contribution in [0.25, 0.3) is 22.4 Å². The highest BCUT2D eigenvalue weighted by molar-refractivity contribution is 5.83. The van der Waals surface area contributed by atoms with Gasteiger partial charge < -0.3 is 5.32 Å². The zero-order valence-corrected chi connectivity index (χ0v) is 15.8. The molecule has 0 spiro atoms. The van der Waals surface area contributed by atoms with Crippen LogP contribution in [0.15, 0.2) is 91.0 Å². The van der Waals surface area contributed by atoms with E-state index in [1.54, 1.807) is 18.2 Å². The summed E-state index contributed by atoms with van der Waals surface area (Å²) >= 11 is 0. The van der Waals surface area contributed by atoms with Crippen LogP contribution in [0.4, 0.5) is 17.2 Å². The molecule has 0 saturated carbocycles. The highest BCUT2D eigenvalue weighted by Gasteiger charge is 2.19. The number of nitriles is 1. The number of aromatic nitrogens is 1. The van der Waals surface area contributed by atoms with Gasteiger partial charge in [-0.15, -0.1) is 0 Å². The maximum absolute atomic E-state index is 11.4. The Bertz CT molecular complexity index is 1250. The molecule has 6 heteroatoms. The van der Waals surface area contributed by atoms with E-state index >= 15 is 0 Å². The van der Waals surface area contributed by atoms with E-state index in [1.165, 1.54) is 6.07 Å². The highest BCUT2D eigenvalue weighted by atomic mass is 16.6. The van der Waals surface area contributed by atoms with Crippen molar-refractivity contribution in [2.45, 2.75) is 0 Å². The number of anilines is 2. The number of hydrogen-bond acceptors (Lipinski definition) is 5. The first-order valence-corrected chi connectivity index (χ1v) is 9.24. The molecule has 4 rings (SSSR count). The highest BCUT2D eigenvalue weighted by Crippen LogP contribution is 2.35. The largest absolute Gasteiger partial charge is 0.333 e. The number of benzene rings is 3. The van der Waals surface area contributed by atoms with Crippen LogP contribution in [0.3, 0.4) is 0 Å². The monoisotopic (exact) mass is 392 g/mol. The molecule has 30 heavy (non-hydrogen) atoms. The van der Waals surface area contributed by atoms with E-state index in [4.69, 9.17) is 0 Å². The Morgan fingerprint density at radius 3 is 2.10 bits per heavy atom. The number of nitrogens with zero attached hydrogens (tertiary/aromatic N) is 3. The molecule has 0 radical (unpaired) electrons. The number of rotatable bonds is 5. The van der Waals surface area contributed by atoms with Crippen LogP contribution in [0.5, 0.6) is 0 Å². The molecule has 0 unspecified atom stereocenters. The molecular formula is C24H16N4O2. The predicted octanol–water partition coefficient (Wildman–Crippen LogP) is 5.94. The third-order valence-corrected chi connectivity index (χ3v) is 4.64. The van der Waals surface area contributed by atoms with Crippen LogP contribution >= 0.6 is 0 Å². The van der Waals surface area contributed by atoms with Crippen molar-refractivity contribution in [2.24, 2.45) is 0 Å². The molecule has 0 saturated heterocycles. The maximum atomic E-state index is 11.4. The second-order valence-corrected chi connectivity index (χ2v) is 6.52. The Morgan fingerprint density at radius 1 is 0.867 bits per heavy atom. The maximum Gasteiger partial charge on any atom is 0.292 e. The first-order valence-electron chi connectivity index (χ1n) is 9.24. The van der Waals surface area contributed by atoms with E-state index in [0.29, 0.717) is 16.8 Å². The molecule has 0 bridgehead atoms. The van der Waals surface area contributed by atoms with E-state index in [9.17, 15) is 15.4 Å². The molecule has 4 aromatic rings. The number of nitrogens with one attached hydrogen (secondary N) is 1. The summed E-state index contributed by atoms with van der Waals surface area (Å²) in [5.74, 6) is 0.270. The Balaban J connectivity index is 1.93. The fourth-order valence-electron chi connectivity index (χ4n) is 3.22. The van der Waals surface area contributed by atoms with Gasteiger partial charge in [0.05, 0.1) is 10.6 Å².